The molecule has 1 atom stereocenters. The molecule has 160 valence electrons. The number of likely N-dealkylation sites (N-methyl/N-ethyl adjacent to an activating group) is 1. The van der Waals surface area contributed by atoms with Gasteiger partial charge in [-0.3, -0.25) is 14.5 Å². The highest BCUT2D eigenvalue weighted by atomic mass is 19.1. The zero-order valence-electron chi connectivity index (χ0n) is 17.1. The number of amides is 1. The molecule has 1 aromatic carbocycles. The standard InChI is InChI=1S/C22H27FN4O3/c1-25-19-7-6-18(28)14-20(19)30-22(25)8-9-24-21(29)15-26-10-12-27(13-11-26)17-4-2-16(23)3-5-17/h2-5,7,14,22H,6,8-13,15H2,1H3,(H,24,29). The summed E-state index contributed by atoms with van der Waals surface area (Å²) in [7, 11) is 1.94. The van der Waals surface area contributed by atoms with E-state index >= 15 is 0 Å². The number of hydrogen-bond acceptors (Lipinski definition) is 6. The maximum absolute atomic E-state index is 13.1. The third-order valence-corrected chi connectivity index (χ3v) is 5.76. The van der Waals surface area contributed by atoms with E-state index in [4.69, 9.17) is 4.74 Å². The van der Waals surface area contributed by atoms with Crippen LogP contribution in [0.4, 0.5) is 10.1 Å². The summed E-state index contributed by atoms with van der Waals surface area (Å²) in [5, 5.41) is 2.97. The van der Waals surface area contributed by atoms with Crippen LogP contribution in [0.1, 0.15) is 12.8 Å². The zero-order chi connectivity index (χ0) is 21.1. The Morgan fingerprint density at radius 3 is 2.67 bits per heavy atom. The van der Waals surface area contributed by atoms with Crippen molar-refractivity contribution in [1.29, 1.82) is 0 Å². The van der Waals surface area contributed by atoms with Crippen LogP contribution in [0.25, 0.3) is 0 Å². The molecule has 4 rings (SSSR count). The van der Waals surface area contributed by atoms with E-state index in [1.165, 1.54) is 12.1 Å². The van der Waals surface area contributed by atoms with Gasteiger partial charge < -0.3 is 19.9 Å². The van der Waals surface area contributed by atoms with Gasteiger partial charge in [-0.2, -0.15) is 0 Å². The third-order valence-electron chi connectivity index (χ3n) is 5.76. The molecule has 1 N–H and O–H groups in total. The normalized spacial score (nSPS) is 21.7. The molecule has 2 saturated heterocycles. The number of piperazine rings is 1. The fraction of sp³-hybridized carbons (Fsp3) is 0.455. The van der Waals surface area contributed by atoms with Gasteiger partial charge in [0.2, 0.25) is 5.91 Å². The largest absolute Gasteiger partial charge is 0.468 e. The number of allylic oxidation sites excluding steroid dienone is 2. The molecule has 2 aliphatic heterocycles. The smallest absolute Gasteiger partial charge is 0.234 e. The average Bonchev–Trinajstić information content (AvgIpc) is 3.04. The maximum atomic E-state index is 13.1. The van der Waals surface area contributed by atoms with Crippen LogP contribution < -0.4 is 10.2 Å². The number of ketones is 1. The van der Waals surface area contributed by atoms with Crippen LogP contribution >= 0.6 is 0 Å². The number of benzene rings is 1. The first-order chi connectivity index (χ1) is 14.5. The fourth-order valence-corrected chi connectivity index (χ4v) is 4.03. The summed E-state index contributed by atoms with van der Waals surface area (Å²) in [6, 6.07) is 6.52. The lowest BCUT2D eigenvalue weighted by Gasteiger charge is -2.35. The van der Waals surface area contributed by atoms with E-state index < -0.39 is 0 Å². The second-order valence-corrected chi connectivity index (χ2v) is 7.83. The zero-order valence-corrected chi connectivity index (χ0v) is 17.1. The number of rotatable bonds is 6. The van der Waals surface area contributed by atoms with Gasteiger partial charge in [0, 0.05) is 64.4 Å². The number of carbonyl (C=O) groups is 2. The molecule has 8 heteroatoms. The van der Waals surface area contributed by atoms with Crippen molar-refractivity contribution in [2.45, 2.75) is 19.1 Å². The summed E-state index contributed by atoms with van der Waals surface area (Å²) in [5.41, 5.74) is 1.96. The van der Waals surface area contributed by atoms with E-state index in [2.05, 4.69) is 15.1 Å². The summed E-state index contributed by atoms with van der Waals surface area (Å²) >= 11 is 0. The molecular weight excluding hydrogens is 387 g/mol. The Hall–Kier alpha value is -2.87. The molecule has 1 aliphatic carbocycles. The molecule has 3 aliphatic rings. The molecule has 2 fully saturated rings. The van der Waals surface area contributed by atoms with Crippen LogP contribution in [-0.2, 0) is 14.3 Å². The average molecular weight is 414 g/mol. The van der Waals surface area contributed by atoms with E-state index in [-0.39, 0.29) is 23.7 Å². The molecule has 2 heterocycles. The summed E-state index contributed by atoms with van der Waals surface area (Å²) in [4.78, 5) is 30.2. The van der Waals surface area contributed by atoms with E-state index in [1.54, 1.807) is 18.2 Å². The van der Waals surface area contributed by atoms with Crippen LogP contribution in [-0.4, -0.2) is 74.0 Å². The Kier molecular flexibility index (Phi) is 6.03. The van der Waals surface area contributed by atoms with Crippen LogP contribution in [0, 0.1) is 5.82 Å². The predicted octanol–water partition coefficient (Wildman–Crippen LogP) is 1.48. The lowest BCUT2D eigenvalue weighted by Crippen LogP contribution is -2.49. The molecule has 0 aromatic heterocycles. The lowest BCUT2D eigenvalue weighted by molar-refractivity contribution is -0.122. The topological polar surface area (TPSA) is 65.1 Å². The first-order valence-electron chi connectivity index (χ1n) is 10.3. The second kappa shape index (κ2) is 8.87. The number of halogens is 1. The summed E-state index contributed by atoms with van der Waals surface area (Å²) in [5.74, 6) is 0.445. The molecule has 7 nitrogen and oxygen atoms in total. The molecule has 30 heavy (non-hydrogen) atoms. The first kappa shape index (κ1) is 20.4. The van der Waals surface area contributed by atoms with Gasteiger partial charge in [0.1, 0.15) is 11.6 Å². The Labute approximate surface area is 175 Å². The van der Waals surface area contributed by atoms with Gasteiger partial charge in [-0.15, -0.1) is 0 Å². The van der Waals surface area contributed by atoms with Crippen molar-refractivity contribution >= 4 is 17.4 Å². The highest BCUT2D eigenvalue weighted by molar-refractivity contribution is 5.93. The Bertz CT molecular complexity index is 860. The maximum Gasteiger partial charge on any atom is 0.234 e. The van der Waals surface area contributed by atoms with Crippen LogP contribution in [0.2, 0.25) is 0 Å². The number of ether oxygens (including phenoxy) is 1. The van der Waals surface area contributed by atoms with Gasteiger partial charge >= 0.3 is 0 Å². The second-order valence-electron chi connectivity index (χ2n) is 7.83. The van der Waals surface area contributed by atoms with Crippen molar-refractivity contribution in [2.24, 2.45) is 0 Å². The highest BCUT2D eigenvalue weighted by Gasteiger charge is 2.32. The Balaban J connectivity index is 1.17. The number of nitrogens with zero attached hydrogens (tertiary/aromatic N) is 3. The molecular formula is C22H27FN4O3. The van der Waals surface area contributed by atoms with Gasteiger partial charge in [0.25, 0.3) is 0 Å². The van der Waals surface area contributed by atoms with E-state index in [1.807, 2.05) is 18.0 Å². The highest BCUT2D eigenvalue weighted by Crippen LogP contribution is 2.32. The van der Waals surface area contributed by atoms with Gasteiger partial charge in [0.05, 0.1) is 12.2 Å². The molecule has 1 unspecified atom stereocenters. The van der Waals surface area contributed by atoms with Crippen LogP contribution in [0.15, 0.2) is 47.9 Å². The van der Waals surface area contributed by atoms with E-state index in [0.29, 0.717) is 31.7 Å². The number of fused-ring (bicyclic) bond motifs is 1. The lowest BCUT2D eigenvalue weighted by atomic mass is 10.1. The first-order valence-corrected chi connectivity index (χ1v) is 10.3. The molecule has 1 amide bonds. The molecule has 0 bridgehead atoms. The molecule has 0 spiro atoms. The van der Waals surface area contributed by atoms with Crippen LogP contribution in [0.5, 0.6) is 0 Å². The monoisotopic (exact) mass is 414 g/mol. The summed E-state index contributed by atoms with van der Waals surface area (Å²) in [6.07, 6.45) is 4.32. The Morgan fingerprint density at radius 1 is 1.20 bits per heavy atom. The molecule has 1 aromatic rings. The number of anilines is 1. The number of hydrogen-bond donors (Lipinski definition) is 1. The SMILES string of the molecule is CN1C2=CCC(=O)C=C2OC1CCNC(=O)CN1CCN(c2ccc(F)cc2)CC1. The van der Waals surface area contributed by atoms with Crippen molar-refractivity contribution < 1.29 is 18.7 Å². The van der Waals surface area contributed by atoms with E-state index in [9.17, 15) is 14.0 Å². The molecule has 0 radical (unpaired) electrons. The predicted molar refractivity (Wildman–Crippen MR) is 111 cm³/mol. The van der Waals surface area contributed by atoms with E-state index in [0.717, 1.165) is 37.6 Å². The number of nitrogens with one attached hydrogen (secondary N) is 1. The summed E-state index contributed by atoms with van der Waals surface area (Å²) in [6.45, 7) is 4.07. The quantitative estimate of drug-likeness (QED) is 0.761. The molecule has 0 saturated carbocycles. The van der Waals surface area contributed by atoms with Crippen molar-refractivity contribution in [2.75, 3.05) is 51.2 Å². The van der Waals surface area contributed by atoms with Crippen LogP contribution in [0.3, 0.4) is 0 Å². The minimum absolute atomic E-state index is 0.00286. The van der Waals surface area contributed by atoms with Crippen molar-refractivity contribution in [3.05, 3.63) is 53.7 Å². The minimum Gasteiger partial charge on any atom is -0.468 e. The van der Waals surface area contributed by atoms with Crippen molar-refractivity contribution in [3.63, 3.8) is 0 Å². The summed E-state index contributed by atoms with van der Waals surface area (Å²) < 4.78 is 18.9. The Morgan fingerprint density at radius 2 is 1.93 bits per heavy atom. The van der Waals surface area contributed by atoms with Gasteiger partial charge in [-0.25, -0.2) is 4.39 Å². The van der Waals surface area contributed by atoms with Gasteiger partial charge in [-0.05, 0) is 30.3 Å². The van der Waals surface area contributed by atoms with Gasteiger partial charge in [-0.1, -0.05) is 0 Å². The van der Waals surface area contributed by atoms with Crippen molar-refractivity contribution in [3.8, 4) is 0 Å². The number of carbonyl (C=O) groups excluding carboxylic acids is 2. The fourth-order valence-electron chi connectivity index (χ4n) is 4.03. The van der Waals surface area contributed by atoms with Gasteiger partial charge in [0.15, 0.2) is 12.0 Å². The third kappa shape index (κ3) is 4.64. The van der Waals surface area contributed by atoms with Crippen molar-refractivity contribution in [1.82, 2.24) is 15.1 Å². The minimum atomic E-state index is -0.232.